The lowest BCUT2D eigenvalue weighted by Gasteiger charge is -2.34. The summed E-state index contributed by atoms with van der Waals surface area (Å²) in [6.07, 6.45) is -1.05. The van der Waals surface area contributed by atoms with Crippen LogP contribution in [0, 0.1) is 16.2 Å². The van der Waals surface area contributed by atoms with Crippen LogP contribution in [-0.4, -0.2) is 54.6 Å². The zero-order valence-corrected chi connectivity index (χ0v) is 11.6. The van der Waals surface area contributed by atoms with Crippen molar-refractivity contribution < 1.29 is 4.79 Å². The minimum atomic E-state index is -1.05. The molecular formula is C14H17N5O2. The van der Waals surface area contributed by atoms with Gasteiger partial charge in [-0.05, 0) is 5.18 Å². The summed E-state index contributed by atoms with van der Waals surface area (Å²) in [5.41, 5.74) is 3.46. The number of carbonyl (C=O) groups excluding carboxylic acids is 1. The lowest BCUT2D eigenvalue weighted by molar-refractivity contribution is 0.0707. The van der Waals surface area contributed by atoms with Crippen LogP contribution < -0.4 is 5.43 Å². The Morgan fingerprint density at radius 3 is 2.52 bits per heavy atom. The minimum absolute atomic E-state index is 0.0986. The van der Waals surface area contributed by atoms with Crippen LogP contribution in [0.3, 0.4) is 0 Å². The number of ketones is 1. The molecule has 1 saturated heterocycles. The Labute approximate surface area is 123 Å². The molecule has 0 aliphatic carbocycles. The Bertz CT molecular complexity index is 520. The number of hydrazine groups is 1. The first-order valence-corrected chi connectivity index (χ1v) is 6.76. The molecule has 1 heterocycles. The Hall–Kier alpha value is -2.14. The molecule has 1 aromatic rings. The van der Waals surface area contributed by atoms with E-state index >= 15 is 0 Å². The molecule has 7 heteroatoms. The van der Waals surface area contributed by atoms with Crippen LogP contribution in [0.1, 0.15) is 10.4 Å². The van der Waals surface area contributed by atoms with Gasteiger partial charge in [-0.3, -0.25) is 9.69 Å². The van der Waals surface area contributed by atoms with Crippen LogP contribution in [0.4, 0.5) is 0 Å². The number of nitrogens with zero attached hydrogens (tertiary/aromatic N) is 4. The molecular weight excluding hydrogens is 270 g/mol. The van der Waals surface area contributed by atoms with E-state index in [4.69, 9.17) is 5.26 Å². The Kier molecular flexibility index (Phi) is 5.51. The third kappa shape index (κ3) is 4.43. The first kappa shape index (κ1) is 15.3. The molecule has 110 valence electrons. The van der Waals surface area contributed by atoms with Crippen LogP contribution in [0.5, 0.6) is 0 Å². The number of rotatable bonds is 6. The highest BCUT2D eigenvalue weighted by Gasteiger charge is 2.21. The molecule has 0 bridgehead atoms. The van der Waals surface area contributed by atoms with Crippen molar-refractivity contribution in [2.75, 3.05) is 32.7 Å². The maximum atomic E-state index is 12.1. The molecule has 0 radical (unpaired) electrons. The van der Waals surface area contributed by atoms with Crippen LogP contribution >= 0.6 is 0 Å². The van der Waals surface area contributed by atoms with Gasteiger partial charge >= 0.3 is 0 Å². The molecule has 21 heavy (non-hydrogen) atoms. The van der Waals surface area contributed by atoms with E-state index < -0.39 is 6.17 Å². The van der Waals surface area contributed by atoms with E-state index in [2.05, 4.69) is 15.5 Å². The zero-order chi connectivity index (χ0) is 15.1. The third-order valence-corrected chi connectivity index (χ3v) is 3.37. The van der Waals surface area contributed by atoms with E-state index in [0.29, 0.717) is 38.3 Å². The highest BCUT2D eigenvalue weighted by atomic mass is 16.3. The van der Waals surface area contributed by atoms with Gasteiger partial charge in [0.1, 0.15) is 6.07 Å². The van der Waals surface area contributed by atoms with Gasteiger partial charge in [0, 0.05) is 31.7 Å². The van der Waals surface area contributed by atoms with Crippen molar-refractivity contribution in [3.8, 4) is 6.07 Å². The maximum absolute atomic E-state index is 12.1. The number of piperazine rings is 1. The van der Waals surface area contributed by atoms with Crippen LogP contribution in [0.25, 0.3) is 0 Å². The highest BCUT2D eigenvalue weighted by molar-refractivity contribution is 5.97. The number of hydrogen-bond acceptors (Lipinski definition) is 7. The van der Waals surface area contributed by atoms with E-state index in [1.807, 2.05) is 30.3 Å². The number of hydrogen-bond donors (Lipinski definition) is 1. The largest absolute Gasteiger partial charge is 0.293 e. The van der Waals surface area contributed by atoms with Crippen molar-refractivity contribution in [2.24, 2.45) is 5.18 Å². The molecule has 1 atom stereocenters. The van der Waals surface area contributed by atoms with Gasteiger partial charge in [-0.2, -0.15) is 5.26 Å². The summed E-state index contributed by atoms with van der Waals surface area (Å²) in [5.74, 6) is 0.0986. The summed E-state index contributed by atoms with van der Waals surface area (Å²) >= 11 is 0. The normalized spacial score (nSPS) is 17.9. The van der Waals surface area contributed by atoms with Gasteiger partial charge in [-0.25, -0.2) is 10.4 Å². The standard InChI is InChI=1S/C14H17N5O2/c15-10-14(17-21)16-19-8-6-18(7-9-19)11-13(20)12-4-2-1-3-5-12/h1-5,14,16H,6-9,11H2. The van der Waals surface area contributed by atoms with E-state index in [1.165, 1.54) is 0 Å². The Balaban J connectivity index is 1.78. The summed E-state index contributed by atoms with van der Waals surface area (Å²) < 4.78 is 0. The summed E-state index contributed by atoms with van der Waals surface area (Å²) in [4.78, 5) is 24.5. The fourth-order valence-corrected chi connectivity index (χ4v) is 2.20. The van der Waals surface area contributed by atoms with Crippen LogP contribution in [0.15, 0.2) is 35.5 Å². The van der Waals surface area contributed by atoms with Gasteiger partial charge in [0.15, 0.2) is 5.78 Å². The number of Topliss-reactive ketones (excluding diaryl/α,β-unsaturated/α-hetero) is 1. The van der Waals surface area contributed by atoms with Gasteiger partial charge < -0.3 is 0 Å². The first-order valence-electron chi connectivity index (χ1n) is 6.76. The molecule has 0 aromatic heterocycles. The lowest BCUT2D eigenvalue weighted by atomic mass is 10.1. The SMILES string of the molecule is N#CC(N=O)NN1CCN(CC(=O)c2ccccc2)CC1. The summed E-state index contributed by atoms with van der Waals surface area (Å²) in [5, 5.41) is 13.1. The molecule has 1 unspecified atom stereocenters. The van der Waals surface area contributed by atoms with Crippen molar-refractivity contribution >= 4 is 5.78 Å². The van der Waals surface area contributed by atoms with Crippen molar-refractivity contribution in [2.45, 2.75) is 6.17 Å². The second kappa shape index (κ2) is 7.59. The van der Waals surface area contributed by atoms with Crippen molar-refractivity contribution in [1.82, 2.24) is 15.3 Å². The second-order valence-electron chi connectivity index (χ2n) is 4.82. The van der Waals surface area contributed by atoms with E-state index in [0.717, 1.165) is 0 Å². The topological polar surface area (TPSA) is 88.8 Å². The average molecular weight is 287 g/mol. The molecule has 0 saturated carbocycles. The molecule has 2 rings (SSSR count). The molecule has 1 aromatic carbocycles. The van der Waals surface area contributed by atoms with Crippen molar-refractivity contribution in [1.29, 1.82) is 5.26 Å². The number of nitriles is 1. The molecule has 0 amide bonds. The predicted octanol–water partition coefficient (Wildman–Crippen LogP) is 0.608. The molecule has 1 aliphatic heterocycles. The van der Waals surface area contributed by atoms with Gasteiger partial charge in [0.05, 0.1) is 6.54 Å². The van der Waals surface area contributed by atoms with Gasteiger partial charge in [-0.15, -0.1) is 4.91 Å². The van der Waals surface area contributed by atoms with Gasteiger partial charge in [-0.1, -0.05) is 30.3 Å². The van der Waals surface area contributed by atoms with Crippen LogP contribution in [0.2, 0.25) is 0 Å². The number of benzene rings is 1. The predicted molar refractivity (Wildman–Crippen MR) is 77.1 cm³/mol. The third-order valence-electron chi connectivity index (χ3n) is 3.37. The first-order chi connectivity index (χ1) is 10.2. The summed E-state index contributed by atoms with van der Waals surface area (Å²) in [7, 11) is 0. The highest BCUT2D eigenvalue weighted by Crippen LogP contribution is 2.05. The van der Waals surface area contributed by atoms with Gasteiger partial charge in [0.25, 0.3) is 0 Å². The quantitative estimate of drug-likeness (QED) is 0.609. The summed E-state index contributed by atoms with van der Waals surface area (Å²) in [6, 6.07) is 11.0. The number of nitrogens with one attached hydrogen (secondary N) is 1. The molecule has 7 nitrogen and oxygen atoms in total. The van der Waals surface area contributed by atoms with Crippen molar-refractivity contribution in [3.05, 3.63) is 40.8 Å². The minimum Gasteiger partial charge on any atom is -0.293 e. The fraction of sp³-hybridized carbons (Fsp3) is 0.429. The number of nitroso groups, excluding NO2 is 1. The lowest BCUT2D eigenvalue weighted by Crippen LogP contribution is -2.54. The second-order valence-corrected chi connectivity index (χ2v) is 4.82. The van der Waals surface area contributed by atoms with E-state index in [1.54, 1.807) is 11.1 Å². The Morgan fingerprint density at radius 1 is 1.29 bits per heavy atom. The number of carbonyl (C=O) groups is 1. The van der Waals surface area contributed by atoms with E-state index in [9.17, 15) is 9.70 Å². The smallest absolute Gasteiger partial charge is 0.241 e. The fourth-order valence-electron chi connectivity index (χ4n) is 2.20. The monoisotopic (exact) mass is 287 g/mol. The molecule has 0 spiro atoms. The molecule has 1 fully saturated rings. The van der Waals surface area contributed by atoms with Gasteiger partial charge in [0.2, 0.25) is 6.17 Å². The van der Waals surface area contributed by atoms with E-state index in [-0.39, 0.29) is 5.78 Å². The van der Waals surface area contributed by atoms with Crippen LogP contribution in [-0.2, 0) is 0 Å². The average Bonchev–Trinajstić information content (AvgIpc) is 2.55. The van der Waals surface area contributed by atoms with Crippen molar-refractivity contribution in [3.63, 3.8) is 0 Å². The Morgan fingerprint density at radius 2 is 1.95 bits per heavy atom. The maximum Gasteiger partial charge on any atom is 0.241 e. The molecule has 1 aliphatic rings. The molecule has 1 N–H and O–H groups in total. The zero-order valence-electron chi connectivity index (χ0n) is 11.6. The summed E-state index contributed by atoms with van der Waals surface area (Å²) in [6.45, 7) is 3.04.